The molecule has 7 heteroatoms. The molecule has 1 aromatic rings. The van der Waals surface area contributed by atoms with E-state index in [0.29, 0.717) is 19.6 Å². The molecule has 6 atom stereocenters. The number of benzene rings is 1. The maximum atomic E-state index is 13.4. The molecule has 7 nitrogen and oxygen atoms in total. The first-order valence-corrected chi connectivity index (χ1v) is 10.3. The second kappa shape index (κ2) is 6.22. The van der Waals surface area contributed by atoms with E-state index in [1.807, 2.05) is 36.4 Å². The third kappa shape index (κ3) is 2.39. The molecule has 0 aromatic heterocycles. The van der Waals surface area contributed by atoms with E-state index in [9.17, 15) is 14.7 Å². The van der Waals surface area contributed by atoms with Crippen molar-refractivity contribution in [3.63, 3.8) is 0 Å². The van der Waals surface area contributed by atoms with Gasteiger partial charge in [0.05, 0.1) is 37.7 Å². The van der Waals surface area contributed by atoms with Gasteiger partial charge in [-0.1, -0.05) is 36.4 Å². The number of aliphatic hydroxyl groups excluding tert-OH is 1. The number of amides is 2. The summed E-state index contributed by atoms with van der Waals surface area (Å²) >= 11 is 0. The Morgan fingerprint density at radius 2 is 1.83 bits per heavy atom. The minimum atomic E-state index is -1.02. The van der Waals surface area contributed by atoms with Gasteiger partial charge in [-0.15, -0.1) is 0 Å². The van der Waals surface area contributed by atoms with Crippen molar-refractivity contribution >= 4 is 11.8 Å². The first kappa shape index (κ1) is 17.8. The number of carbonyl (C=O) groups is 2. The van der Waals surface area contributed by atoms with E-state index in [1.165, 1.54) is 4.90 Å². The summed E-state index contributed by atoms with van der Waals surface area (Å²) in [7, 11) is 0. The molecule has 3 saturated heterocycles. The number of rotatable bonds is 2. The van der Waals surface area contributed by atoms with Crippen LogP contribution in [0.3, 0.4) is 0 Å². The van der Waals surface area contributed by atoms with Gasteiger partial charge >= 0.3 is 0 Å². The highest BCUT2D eigenvalue weighted by molar-refractivity contribution is 6.05. The summed E-state index contributed by atoms with van der Waals surface area (Å²) in [6.07, 6.45) is 1.60. The van der Waals surface area contributed by atoms with E-state index >= 15 is 0 Å². The van der Waals surface area contributed by atoms with Crippen molar-refractivity contribution in [3.05, 3.63) is 47.5 Å². The van der Waals surface area contributed by atoms with Crippen molar-refractivity contribution in [2.24, 2.45) is 17.8 Å². The average molecular weight is 397 g/mol. The van der Waals surface area contributed by atoms with Crippen LogP contribution >= 0.6 is 0 Å². The lowest BCUT2D eigenvalue weighted by molar-refractivity contribution is -0.263. The normalized spacial score (nSPS) is 39.6. The number of carbonyl (C=O) groups excluding carboxylic acids is 2. The van der Waals surface area contributed by atoms with E-state index < -0.39 is 35.7 Å². The molecule has 1 spiro atoms. The van der Waals surface area contributed by atoms with Gasteiger partial charge in [0.15, 0.2) is 0 Å². The molecular formula is C22H23NO6. The molecule has 1 saturated carbocycles. The fourth-order valence-corrected chi connectivity index (χ4v) is 5.68. The fraction of sp³-hybridized carbons (Fsp3) is 0.545. The maximum absolute atomic E-state index is 13.4. The SMILES string of the molecule is O=C1[C@@H]2[C@H]3C(=CC[C@@H]2C(=O)N1Cc1ccccc1)C1(OCCCO1)[C@H]1O[C@H]1[C@H]3O. The molecule has 3 aliphatic heterocycles. The van der Waals surface area contributed by atoms with Crippen LogP contribution in [0.25, 0.3) is 0 Å². The second-order valence-corrected chi connectivity index (χ2v) is 8.53. The van der Waals surface area contributed by atoms with Gasteiger partial charge in [0.2, 0.25) is 17.6 Å². The highest BCUT2D eigenvalue weighted by atomic mass is 16.8. The largest absolute Gasteiger partial charge is 0.390 e. The van der Waals surface area contributed by atoms with Gasteiger partial charge in [-0.05, 0) is 24.0 Å². The number of epoxide rings is 1. The molecule has 0 bridgehead atoms. The van der Waals surface area contributed by atoms with E-state index in [0.717, 1.165) is 17.6 Å². The van der Waals surface area contributed by atoms with Gasteiger partial charge < -0.3 is 19.3 Å². The van der Waals surface area contributed by atoms with Crippen molar-refractivity contribution in [1.82, 2.24) is 4.90 Å². The van der Waals surface area contributed by atoms with E-state index in [4.69, 9.17) is 14.2 Å². The van der Waals surface area contributed by atoms with Crippen molar-refractivity contribution in [1.29, 1.82) is 0 Å². The third-order valence-electron chi connectivity index (χ3n) is 7.02. The molecule has 29 heavy (non-hydrogen) atoms. The standard InChI is InChI=1S/C22H23NO6/c24-17-16-14(22(19-18(17)29-19)27-9-4-10-28-22)8-7-13-15(16)21(26)23(20(13)25)11-12-5-2-1-3-6-12/h1-3,5-6,8,13,15-19,24H,4,7,9-11H2/t13-,15-,16+,17-,18-,19-/m0/s1. The lowest BCUT2D eigenvalue weighted by Gasteiger charge is -2.47. The highest BCUT2D eigenvalue weighted by Crippen LogP contribution is 2.58. The predicted molar refractivity (Wildman–Crippen MR) is 99.1 cm³/mol. The number of allylic oxidation sites excluding steroid dienone is 1. The van der Waals surface area contributed by atoms with Gasteiger partial charge in [0.25, 0.3) is 0 Å². The van der Waals surface area contributed by atoms with Crippen LogP contribution in [-0.4, -0.2) is 59.1 Å². The quantitative estimate of drug-likeness (QED) is 0.455. The molecule has 5 aliphatic rings. The van der Waals surface area contributed by atoms with Gasteiger partial charge in [0, 0.05) is 5.92 Å². The summed E-state index contributed by atoms with van der Waals surface area (Å²) in [5.74, 6) is -2.97. The van der Waals surface area contributed by atoms with Crippen LogP contribution in [0, 0.1) is 17.8 Å². The summed E-state index contributed by atoms with van der Waals surface area (Å²) in [5, 5.41) is 11.0. The smallest absolute Gasteiger partial charge is 0.234 e. The first-order valence-electron chi connectivity index (χ1n) is 10.3. The molecule has 3 heterocycles. The van der Waals surface area contributed by atoms with E-state index in [2.05, 4.69) is 0 Å². The molecule has 152 valence electrons. The summed E-state index contributed by atoms with van der Waals surface area (Å²) in [6, 6.07) is 9.50. The Hall–Kier alpha value is -2.06. The maximum Gasteiger partial charge on any atom is 0.234 e. The molecule has 1 N–H and O–H groups in total. The molecule has 1 aromatic carbocycles. The van der Waals surface area contributed by atoms with Crippen molar-refractivity contribution in [3.8, 4) is 0 Å². The molecular weight excluding hydrogens is 374 g/mol. The van der Waals surface area contributed by atoms with Crippen molar-refractivity contribution in [2.45, 2.75) is 43.5 Å². The topological polar surface area (TPSA) is 88.6 Å². The van der Waals surface area contributed by atoms with Gasteiger partial charge in [-0.3, -0.25) is 14.5 Å². The Labute approximate surface area is 168 Å². The highest BCUT2D eigenvalue weighted by Gasteiger charge is 2.72. The Morgan fingerprint density at radius 3 is 2.59 bits per heavy atom. The van der Waals surface area contributed by atoms with Crippen LogP contribution in [0.1, 0.15) is 18.4 Å². The van der Waals surface area contributed by atoms with Crippen molar-refractivity contribution in [2.75, 3.05) is 13.2 Å². The summed E-state index contributed by atoms with van der Waals surface area (Å²) in [6.45, 7) is 1.35. The van der Waals surface area contributed by atoms with Crippen LogP contribution < -0.4 is 0 Å². The second-order valence-electron chi connectivity index (χ2n) is 8.53. The summed E-state index contributed by atoms with van der Waals surface area (Å²) < 4.78 is 17.9. The van der Waals surface area contributed by atoms with Gasteiger partial charge in [-0.2, -0.15) is 0 Å². The monoisotopic (exact) mass is 397 g/mol. The minimum Gasteiger partial charge on any atom is -0.390 e. The molecule has 6 rings (SSSR count). The van der Waals surface area contributed by atoms with Crippen LogP contribution in [-0.2, 0) is 30.3 Å². The Balaban J connectivity index is 1.36. The molecule has 4 fully saturated rings. The van der Waals surface area contributed by atoms with E-state index in [-0.39, 0.29) is 24.5 Å². The zero-order chi connectivity index (χ0) is 19.8. The van der Waals surface area contributed by atoms with E-state index in [1.54, 1.807) is 0 Å². The average Bonchev–Trinajstić information content (AvgIpc) is 3.54. The molecule has 0 unspecified atom stereocenters. The van der Waals surface area contributed by atoms with Gasteiger partial charge in [0.1, 0.15) is 12.2 Å². The number of imide groups is 1. The predicted octanol–water partition coefficient (Wildman–Crippen LogP) is 1.01. The van der Waals surface area contributed by atoms with Crippen LogP contribution in [0.5, 0.6) is 0 Å². The lowest BCUT2D eigenvalue weighted by atomic mass is 9.64. The summed E-state index contributed by atoms with van der Waals surface area (Å²) in [5.41, 5.74) is 1.69. The number of ether oxygens (including phenoxy) is 3. The Bertz CT molecular complexity index is 892. The number of nitrogens with zero attached hydrogens (tertiary/aromatic N) is 1. The molecule has 2 aliphatic carbocycles. The minimum absolute atomic E-state index is 0.162. The fourth-order valence-electron chi connectivity index (χ4n) is 5.68. The number of hydrogen-bond donors (Lipinski definition) is 1. The van der Waals surface area contributed by atoms with Crippen molar-refractivity contribution < 1.29 is 28.9 Å². The van der Waals surface area contributed by atoms with Crippen LogP contribution in [0.2, 0.25) is 0 Å². The first-order chi connectivity index (χ1) is 14.1. The number of aliphatic hydroxyl groups is 1. The Kier molecular flexibility index (Phi) is 3.81. The third-order valence-corrected chi connectivity index (χ3v) is 7.02. The van der Waals surface area contributed by atoms with Gasteiger partial charge in [-0.25, -0.2) is 0 Å². The Morgan fingerprint density at radius 1 is 1.07 bits per heavy atom. The number of fused-ring (bicyclic) bond motifs is 6. The zero-order valence-corrected chi connectivity index (χ0v) is 15.9. The molecule has 0 radical (unpaired) electrons. The molecule has 2 amide bonds. The zero-order valence-electron chi connectivity index (χ0n) is 15.9. The van der Waals surface area contributed by atoms with Crippen LogP contribution in [0.15, 0.2) is 42.0 Å². The number of hydrogen-bond acceptors (Lipinski definition) is 6. The lowest BCUT2D eigenvalue weighted by Crippen LogP contribution is -2.59. The number of likely N-dealkylation sites (tertiary alicyclic amines) is 1. The van der Waals surface area contributed by atoms with Crippen LogP contribution in [0.4, 0.5) is 0 Å². The summed E-state index contributed by atoms with van der Waals surface area (Å²) in [4.78, 5) is 27.8.